The smallest absolute Gasteiger partial charge is 0.00270 e. The summed E-state index contributed by atoms with van der Waals surface area (Å²) in [6.07, 6.45) is 11.9. The Kier molecular flexibility index (Phi) is 1.33. The quantitative estimate of drug-likeness (QED) is 0.462. The topological polar surface area (TPSA) is 0 Å². The van der Waals surface area contributed by atoms with Gasteiger partial charge in [-0.1, -0.05) is 18.6 Å². The van der Waals surface area contributed by atoms with Crippen molar-refractivity contribution >= 4 is 0 Å². The van der Waals surface area contributed by atoms with Crippen LogP contribution >= 0.6 is 0 Å². The van der Waals surface area contributed by atoms with E-state index in [4.69, 9.17) is 0 Å². The Hall–Kier alpha value is -0.260. The maximum atomic E-state index is 2.41. The number of fused-ring (bicyclic) bond motifs is 3. The molecule has 1 atom stereocenters. The Bertz CT molecular complexity index is 106. The maximum absolute atomic E-state index is 2.41. The summed E-state index contributed by atoms with van der Waals surface area (Å²) < 4.78 is 0. The number of hydrogen-bond acceptors (Lipinski definition) is 0. The maximum Gasteiger partial charge on any atom is -0.00270 e. The van der Waals surface area contributed by atoms with E-state index in [1.165, 1.54) is 32.1 Å². The van der Waals surface area contributed by atoms with Gasteiger partial charge in [0, 0.05) is 0 Å². The van der Waals surface area contributed by atoms with E-state index in [2.05, 4.69) is 12.2 Å². The van der Waals surface area contributed by atoms with Gasteiger partial charge < -0.3 is 0 Å². The van der Waals surface area contributed by atoms with E-state index in [0.29, 0.717) is 0 Å². The summed E-state index contributed by atoms with van der Waals surface area (Å²) >= 11 is 0. The highest BCUT2D eigenvalue weighted by molar-refractivity contribution is 5.17. The molecule has 0 aromatic heterocycles. The highest BCUT2D eigenvalue weighted by Gasteiger charge is 2.19. The lowest BCUT2D eigenvalue weighted by atomic mass is 9.91. The summed E-state index contributed by atoms with van der Waals surface area (Å²) in [5, 5.41) is 0. The minimum atomic E-state index is 0.941. The summed E-state index contributed by atoms with van der Waals surface area (Å²) in [6, 6.07) is 0. The molecule has 0 spiro atoms. The molecule has 0 heteroatoms. The van der Waals surface area contributed by atoms with Crippen LogP contribution in [0.5, 0.6) is 0 Å². The fourth-order valence-electron chi connectivity index (χ4n) is 1.86. The molecular weight excluding hydrogens is 108 g/mol. The lowest BCUT2D eigenvalue weighted by molar-refractivity contribution is 0.554. The lowest BCUT2D eigenvalue weighted by Crippen LogP contribution is -2.00. The van der Waals surface area contributed by atoms with E-state index >= 15 is 0 Å². The average Bonchev–Trinajstić information content (AvgIpc) is 2.21. The van der Waals surface area contributed by atoms with Crippen LogP contribution in [0.25, 0.3) is 0 Å². The molecule has 0 N–H and O–H groups in total. The molecule has 0 heterocycles. The van der Waals surface area contributed by atoms with Gasteiger partial charge in [-0.05, 0) is 37.5 Å². The molecule has 3 rings (SSSR count). The number of rotatable bonds is 0. The van der Waals surface area contributed by atoms with Gasteiger partial charge in [0.15, 0.2) is 0 Å². The molecule has 3 aliphatic carbocycles. The Morgan fingerprint density at radius 2 is 2.22 bits per heavy atom. The second-order valence-corrected chi connectivity index (χ2v) is 3.21. The van der Waals surface area contributed by atoms with E-state index in [-0.39, 0.29) is 0 Å². The zero-order valence-corrected chi connectivity index (χ0v) is 5.77. The van der Waals surface area contributed by atoms with Crippen molar-refractivity contribution in [3.05, 3.63) is 18.1 Å². The molecule has 0 amide bonds. The van der Waals surface area contributed by atoms with Gasteiger partial charge in [0.2, 0.25) is 0 Å². The zero-order chi connectivity index (χ0) is 6.10. The first-order valence-electron chi connectivity index (χ1n) is 3.98. The van der Waals surface area contributed by atoms with Crippen molar-refractivity contribution in [3.8, 4) is 0 Å². The normalized spacial score (nSPS) is 34.9. The third-order valence-corrected chi connectivity index (χ3v) is 2.51. The number of hydrogen-bond donors (Lipinski definition) is 0. The molecule has 9 heavy (non-hydrogen) atoms. The van der Waals surface area contributed by atoms with E-state index in [9.17, 15) is 0 Å². The molecule has 0 saturated heterocycles. The van der Waals surface area contributed by atoms with Gasteiger partial charge in [0.05, 0.1) is 0 Å². The van der Waals surface area contributed by atoms with Crippen LogP contribution in [0.4, 0.5) is 0 Å². The van der Waals surface area contributed by atoms with Crippen LogP contribution in [-0.2, 0) is 0 Å². The van der Waals surface area contributed by atoms with E-state index < -0.39 is 0 Å². The highest BCUT2D eigenvalue weighted by atomic mass is 14.2. The largest absolute Gasteiger partial charge is 0.0848 e. The lowest BCUT2D eigenvalue weighted by Gasteiger charge is -2.14. The Labute approximate surface area is 57.0 Å². The second-order valence-electron chi connectivity index (χ2n) is 3.21. The van der Waals surface area contributed by atoms with Crippen molar-refractivity contribution < 1.29 is 0 Å². The van der Waals surface area contributed by atoms with Gasteiger partial charge in [-0.3, -0.25) is 0 Å². The minimum Gasteiger partial charge on any atom is -0.0848 e. The van der Waals surface area contributed by atoms with Gasteiger partial charge in [-0.25, -0.2) is 0 Å². The summed E-state index contributed by atoms with van der Waals surface area (Å²) in [5.74, 6) is 2.64. The van der Waals surface area contributed by atoms with Gasteiger partial charge in [0.25, 0.3) is 0 Å². The summed E-state index contributed by atoms with van der Waals surface area (Å²) in [4.78, 5) is 0. The molecule has 1 saturated carbocycles. The fourth-order valence-corrected chi connectivity index (χ4v) is 1.86. The van der Waals surface area contributed by atoms with Crippen molar-refractivity contribution in [2.45, 2.75) is 32.1 Å². The monoisotopic (exact) mass is 121 g/mol. The van der Waals surface area contributed by atoms with Crippen molar-refractivity contribution in [3.63, 3.8) is 0 Å². The zero-order valence-electron chi connectivity index (χ0n) is 5.77. The van der Waals surface area contributed by atoms with Crippen molar-refractivity contribution in [1.82, 2.24) is 0 Å². The molecule has 1 fully saturated rings. The second kappa shape index (κ2) is 2.17. The first-order valence-corrected chi connectivity index (χ1v) is 3.98. The molecule has 1 radical (unpaired) electrons. The Balaban J connectivity index is 2.15. The molecule has 49 valence electrons. The molecule has 1 unspecified atom stereocenters. The third kappa shape index (κ3) is 1.03. The van der Waals surface area contributed by atoms with Crippen LogP contribution < -0.4 is 0 Å². The highest BCUT2D eigenvalue weighted by Crippen LogP contribution is 2.34. The first-order chi connectivity index (χ1) is 4.45. The average molecular weight is 121 g/mol. The van der Waals surface area contributed by atoms with Crippen molar-refractivity contribution in [2.75, 3.05) is 0 Å². The van der Waals surface area contributed by atoms with Gasteiger partial charge in [0.1, 0.15) is 0 Å². The van der Waals surface area contributed by atoms with Crippen LogP contribution in [0.3, 0.4) is 0 Å². The number of allylic oxidation sites excluding steroid dienone is 2. The first kappa shape index (κ1) is 5.52. The predicted octanol–water partition coefficient (Wildman–Crippen LogP) is 2.71. The molecule has 0 nitrogen and oxygen atoms in total. The van der Waals surface area contributed by atoms with Gasteiger partial charge >= 0.3 is 0 Å². The minimum absolute atomic E-state index is 0.941. The predicted molar refractivity (Wildman–Crippen MR) is 39.0 cm³/mol. The Morgan fingerprint density at radius 1 is 1.22 bits per heavy atom. The standard InChI is InChI=1S/C9H13/c1-2-8-4-6-9(3-1)7-5-8/h4,6,8H,1-3,5,7H2. The summed E-state index contributed by atoms with van der Waals surface area (Å²) in [6.45, 7) is 0. The van der Waals surface area contributed by atoms with Gasteiger partial charge in [-0.2, -0.15) is 0 Å². The van der Waals surface area contributed by atoms with Crippen LogP contribution in [0.1, 0.15) is 32.1 Å². The third-order valence-electron chi connectivity index (χ3n) is 2.51. The van der Waals surface area contributed by atoms with E-state index in [0.717, 1.165) is 5.92 Å². The summed E-state index contributed by atoms with van der Waals surface area (Å²) in [7, 11) is 0. The molecule has 0 aromatic rings. The molecule has 2 bridgehead atoms. The summed E-state index contributed by atoms with van der Waals surface area (Å²) in [5.41, 5.74) is 0. The van der Waals surface area contributed by atoms with Crippen LogP contribution in [0, 0.1) is 11.8 Å². The molecule has 0 aromatic carbocycles. The Morgan fingerprint density at radius 3 is 3.00 bits per heavy atom. The van der Waals surface area contributed by atoms with E-state index in [1.807, 2.05) is 0 Å². The van der Waals surface area contributed by atoms with Crippen LogP contribution in [-0.4, -0.2) is 0 Å². The van der Waals surface area contributed by atoms with Crippen molar-refractivity contribution in [1.29, 1.82) is 0 Å². The van der Waals surface area contributed by atoms with Crippen molar-refractivity contribution in [2.24, 2.45) is 5.92 Å². The van der Waals surface area contributed by atoms with Crippen LogP contribution in [0.2, 0.25) is 0 Å². The van der Waals surface area contributed by atoms with E-state index in [1.54, 1.807) is 5.92 Å². The molecule has 3 aliphatic rings. The molecular formula is C9H13. The molecule has 0 aliphatic heterocycles. The fraction of sp³-hybridized carbons (Fsp3) is 0.667. The SMILES string of the molecule is C1=CC2CCC[C]1CC2. The van der Waals surface area contributed by atoms with Gasteiger partial charge in [-0.15, -0.1) is 0 Å². The van der Waals surface area contributed by atoms with Crippen LogP contribution in [0.15, 0.2) is 12.2 Å².